The zero-order valence-electron chi connectivity index (χ0n) is 11.6. The number of nitriles is 1. The molecule has 0 atom stereocenters. The smallest absolute Gasteiger partial charge is 0.204 e. The maximum Gasteiger partial charge on any atom is 0.204 e. The van der Waals surface area contributed by atoms with Gasteiger partial charge < -0.3 is 9.47 Å². The summed E-state index contributed by atoms with van der Waals surface area (Å²) in [7, 11) is 3.09. The van der Waals surface area contributed by atoms with E-state index in [0.717, 1.165) is 0 Å². The van der Waals surface area contributed by atoms with Crippen molar-refractivity contribution >= 4 is 23.2 Å². The zero-order chi connectivity index (χ0) is 15.2. The molecular formula is C16H13NO3S. The SMILES string of the molecule is COc1cc(C=C(C#N)C(=O)c2ccsc2)cc(OC)c1. The summed E-state index contributed by atoms with van der Waals surface area (Å²) in [6, 6.07) is 8.85. The second-order valence-electron chi connectivity index (χ2n) is 4.16. The number of carbonyl (C=O) groups is 1. The van der Waals surface area contributed by atoms with E-state index in [1.165, 1.54) is 17.4 Å². The van der Waals surface area contributed by atoms with Crippen LogP contribution in [-0.2, 0) is 0 Å². The van der Waals surface area contributed by atoms with Crippen molar-refractivity contribution in [2.75, 3.05) is 14.2 Å². The highest BCUT2D eigenvalue weighted by molar-refractivity contribution is 7.08. The lowest BCUT2D eigenvalue weighted by Gasteiger charge is -2.06. The maximum atomic E-state index is 12.2. The van der Waals surface area contributed by atoms with Crippen molar-refractivity contribution in [1.29, 1.82) is 5.26 Å². The number of hydrogen-bond acceptors (Lipinski definition) is 5. The van der Waals surface area contributed by atoms with Gasteiger partial charge in [0.25, 0.3) is 0 Å². The number of methoxy groups -OCH3 is 2. The summed E-state index contributed by atoms with van der Waals surface area (Å²) < 4.78 is 10.3. The number of ketones is 1. The van der Waals surface area contributed by atoms with Crippen LogP contribution in [0.15, 0.2) is 40.6 Å². The molecule has 0 N–H and O–H groups in total. The molecule has 2 aromatic rings. The summed E-state index contributed by atoms with van der Waals surface area (Å²) in [6.45, 7) is 0. The molecule has 0 aliphatic heterocycles. The Kier molecular flexibility index (Phi) is 4.75. The molecule has 1 heterocycles. The number of ether oxygens (including phenoxy) is 2. The molecule has 4 nitrogen and oxygen atoms in total. The molecule has 0 amide bonds. The Labute approximate surface area is 126 Å². The first-order valence-corrected chi connectivity index (χ1v) is 7.04. The fourth-order valence-electron chi connectivity index (χ4n) is 1.78. The third-order valence-electron chi connectivity index (χ3n) is 2.83. The van der Waals surface area contributed by atoms with Gasteiger partial charge in [0.1, 0.15) is 23.1 Å². The molecule has 0 spiro atoms. The molecule has 0 saturated heterocycles. The zero-order valence-corrected chi connectivity index (χ0v) is 12.4. The summed E-state index contributed by atoms with van der Waals surface area (Å²) in [5, 5.41) is 12.7. The van der Waals surface area contributed by atoms with E-state index in [1.807, 2.05) is 6.07 Å². The van der Waals surface area contributed by atoms with Crippen LogP contribution in [0, 0.1) is 11.3 Å². The van der Waals surface area contributed by atoms with Gasteiger partial charge in [-0.15, -0.1) is 0 Å². The highest BCUT2D eigenvalue weighted by Gasteiger charge is 2.13. The average Bonchev–Trinajstić information content (AvgIpc) is 3.05. The summed E-state index contributed by atoms with van der Waals surface area (Å²) in [5.41, 5.74) is 1.26. The minimum absolute atomic E-state index is 0.0729. The fourth-order valence-corrected chi connectivity index (χ4v) is 2.41. The van der Waals surface area contributed by atoms with Crippen LogP contribution in [0.2, 0.25) is 0 Å². The number of thiophene rings is 1. The van der Waals surface area contributed by atoms with Gasteiger partial charge in [-0.1, -0.05) is 0 Å². The third-order valence-corrected chi connectivity index (χ3v) is 3.52. The maximum absolute atomic E-state index is 12.2. The highest BCUT2D eigenvalue weighted by Crippen LogP contribution is 2.24. The molecule has 1 aromatic carbocycles. The molecule has 0 aliphatic carbocycles. The van der Waals surface area contributed by atoms with Gasteiger partial charge in [-0.25, -0.2) is 0 Å². The molecule has 21 heavy (non-hydrogen) atoms. The molecule has 2 rings (SSSR count). The van der Waals surface area contributed by atoms with Crippen LogP contribution in [0.4, 0.5) is 0 Å². The van der Waals surface area contributed by atoms with Gasteiger partial charge in [0.05, 0.1) is 14.2 Å². The lowest BCUT2D eigenvalue weighted by molar-refractivity contribution is 0.104. The summed E-state index contributed by atoms with van der Waals surface area (Å²) in [5.74, 6) is 0.905. The van der Waals surface area contributed by atoms with Crippen LogP contribution < -0.4 is 9.47 Å². The molecular weight excluding hydrogens is 286 g/mol. The van der Waals surface area contributed by atoms with Crippen LogP contribution in [-0.4, -0.2) is 20.0 Å². The van der Waals surface area contributed by atoms with Crippen molar-refractivity contribution in [3.8, 4) is 17.6 Å². The van der Waals surface area contributed by atoms with Crippen molar-refractivity contribution in [3.63, 3.8) is 0 Å². The first-order chi connectivity index (χ1) is 10.2. The van der Waals surface area contributed by atoms with Crippen molar-refractivity contribution < 1.29 is 14.3 Å². The first kappa shape index (κ1) is 14.8. The molecule has 0 bridgehead atoms. The molecule has 0 aliphatic rings. The topological polar surface area (TPSA) is 59.3 Å². The molecule has 0 saturated carbocycles. The number of allylic oxidation sites excluding steroid dienone is 1. The minimum atomic E-state index is -0.291. The second-order valence-corrected chi connectivity index (χ2v) is 4.94. The highest BCUT2D eigenvalue weighted by atomic mass is 32.1. The normalized spacial score (nSPS) is 10.8. The van der Waals surface area contributed by atoms with Gasteiger partial charge in [-0.2, -0.15) is 16.6 Å². The van der Waals surface area contributed by atoms with Gasteiger partial charge in [0.15, 0.2) is 0 Å². The first-order valence-electron chi connectivity index (χ1n) is 6.09. The number of rotatable bonds is 5. The lowest BCUT2D eigenvalue weighted by Crippen LogP contribution is -2.00. The van der Waals surface area contributed by atoms with E-state index in [1.54, 1.807) is 49.2 Å². The minimum Gasteiger partial charge on any atom is -0.497 e. The Balaban J connectivity index is 2.40. The number of carbonyl (C=O) groups excluding carboxylic acids is 1. The molecule has 1 aromatic heterocycles. The predicted molar refractivity (Wildman–Crippen MR) is 81.8 cm³/mol. The van der Waals surface area contributed by atoms with Gasteiger partial charge in [-0.3, -0.25) is 4.79 Å². The summed E-state index contributed by atoms with van der Waals surface area (Å²) in [4.78, 5) is 12.2. The van der Waals surface area contributed by atoms with Gasteiger partial charge >= 0.3 is 0 Å². The van der Waals surface area contributed by atoms with E-state index in [0.29, 0.717) is 22.6 Å². The van der Waals surface area contributed by atoms with Crippen LogP contribution in [0.5, 0.6) is 11.5 Å². The van der Waals surface area contributed by atoms with Crippen molar-refractivity contribution in [2.24, 2.45) is 0 Å². The summed E-state index contributed by atoms with van der Waals surface area (Å²) >= 11 is 1.42. The average molecular weight is 299 g/mol. The van der Waals surface area contributed by atoms with Crippen LogP contribution >= 0.6 is 11.3 Å². The van der Waals surface area contributed by atoms with Crippen molar-refractivity contribution in [1.82, 2.24) is 0 Å². The molecule has 0 radical (unpaired) electrons. The number of nitrogens with zero attached hydrogens (tertiary/aromatic N) is 1. The van der Waals surface area contributed by atoms with Gasteiger partial charge in [-0.05, 0) is 35.2 Å². The Hall–Kier alpha value is -2.58. The number of hydrogen-bond donors (Lipinski definition) is 0. The van der Waals surface area contributed by atoms with Gasteiger partial charge in [0.2, 0.25) is 5.78 Å². The Morgan fingerprint density at radius 3 is 2.38 bits per heavy atom. The second kappa shape index (κ2) is 6.73. The number of benzene rings is 1. The lowest BCUT2D eigenvalue weighted by atomic mass is 10.0. The molecule has 106 valence electrons. The molecule has 5 heteroatoms. The van der Waals surface area contributed by atoms with E-state index in [9.17, 15) is 10.1 Å². The monoisotopic (exact) mass is 299 g/mol. The molecule has 0 fully saturated rings. The van der Waals surface area contributed by atoms with E-state index >= 15 is 0 Å². The van der Waals surface area contributed by atoms with E-state index in [2.05, 4.69) is 0 Å². The summed E-state index contributed by atoms with van der Waals surface area (Å²) in [6.07, 6.45) is 1.53. The van der Waals surface area contributed by atoms with E-state index in [-0.39, 0.29) is 11.4 Å². The standard InChI is InChI=1S/C16H13NO3S/c1-19-14-6-11(7-15(8-14)20-2)5-13(9-17)16(18)12-3-4-21-10-12/h3-8,10H,1-2H3. The predicted octanol–water partition coefficient (Wildman–Crippen LogP) is 3.56. The Morgan fingerprint density at radius 1 is 1.24 bits per heavy atom. The van der Waals surface area contributed by atoms with Crippen LogP contribution in [0.25, 0.3) is 6.08 Å². The quantitative estimate of drug-likeness (QED) is 0.481. The third kappa shape index (κ3) is 3.50. The van der Waals surface area contributed by atoms with E-state index < -0.39 is 0 Å². The van der Waals surface area contributed by atoms with Crippen molar-refractivity contribution in [2.45, 2.75) is 0 Å². The van der Waals surface area contributed by atoms with Crippen LogP contribution in [0.3, 0.4) is 0 Å². The number of Topliss-reactive ketones (excluding diaryl/α,β-unsaturated/α-hetero) is 1. The largest absolute Gasteiger partial charge is 0.497 e. The van der Waals surface area contributed by atoms with E-state index in [4.69, 9.17) is 9.47 Å². The Morgan fingerprint density at radius 2 is 1.90 bits per heavy atom. The van der Waals surface area contributed by atoms with Crippen molar-refractivity contribution in [3.05, 3.63) is 51.7 Å². The van der Waals surface area contributed by atoms with Crippen LogP contribution in [0.1, 0.15) is 15.9 Å². The Bertz CT molecular complexity index is 689. The fraction of sp³-hybridized carbons (Fsp3) is 0.125. The molecule has 0 unspecified atom stereocenters. The van der Waals surface area contributed by atoms with Gasteiger partial charge in [0, 0.05) is 17.0 Å².